The van der Waals surface area contributed by atoms with Crippen LogP contribution in [0.1, 0.15) is 37.3 Å². The molecule has 4 heteroatoms. The molecule has 0 spiro atoms. The molecule has 4 nitrogen and oxygen atoms in total. The molecule has 1 aromatic rings. The Hall–Kier alpha value is -1.62. The van der Waals surface area contributed by atoms with E-state index in [0.29, 0.717) is 11.3 Å². The number of benzene rings is 1. The van der Waals surface area contributed by atoms with Crippen molar-refractivity contribution in [3.05, 3.63) is 53.6 Å². The molecule has 2 rings (SSSR count). The van der Waals surface area contributed by atoms with Crippen LogP contribution in [0.5, 0.6) is 5.75 Å². The SMILES string of the molecule is C=C(/C=C/C1(O)c2c(OC)cccc2C1(OC)OC)CCCC. The van der Waals surface area contributed by atoms with Crippen LogP contribution in [0, 0.1) is 0 Å². The predicted molar refractivity (Wildman–Crippen MR) is 90.4 cm³/mol. The zero-order valence-corrected chi connectivity index (χ0v) is 14.4. The van der Waals surface area contributed by atoms with Gasteiger partial charge in [-0.15, -0.1) is 0 Å². The van der Waals surface area contributed by atoms with Gasteiger partial charge in [0.1, 0.15) is 5.75 Å². The van der Waals surface area contributed by atoms with Crippen LogP contribution in [-0.2, 0) is 20.9 Å². The Morgan fingerprint density at radius 2 is 1.96 bits per heavy atom. The van der Waals surface area contributed by atoms with Crippen LogP contribution in [0.3, 0.4) is 0 Å². The Labute approximate surface area is 138 Å². The molecule has 1 unspecified atom stereocenters. The average Bonchev–Trinajstić information content (AvgIpc) is 2.58. The molecule has 1 aromatic carbocycles. The second kappa shape index (κ2) is 6.87. The molecule has 0 heterocycles. The lowest BCUT2D eigenvalue weighted by Gasteiger charge is -2.53. The topological polar surface area (TPSA) is 47.9 Å². The molecule has 1 aliphatic carbocycles. The molecule has 1 atom stereocenters. The summed E-state index contributed by atoms with van der Waals surface area (Å²) in [6.07, 6.45) is 6.62. The maximum atomic E-state index is 11.3. The van der Waals surface area contributed by atoms with E-state index in [0.717, 1.165) is 30.4 Å². The third kappa shape index (κ3) is 2.61. The van der Waals surface area contributed by atoms with Crippen LogP contribution in [0.25, 0.3) is 0 Å². The summed E-state index contributed by atoms with van der Waals surface area (Å²) in [5.41, 5.74) is 0.983. The van der Waals surface area contributed by atoms with Crippen LogP contribution < -0.4 is 4.74 Å². The zero-order chi connectivity index (χ0) is 17.1. The fraction of sp³-hybridized carbons (Fsp3) is 0.474. The largest absolute Gasteiger partial charge is 0.496 e. The van der Waals surface area contributed by atoms with E-state index in [9.17, 15) is 5.11 Å². The first-order valence-corrected chi connectivity index (χ1v) is 7.88. The molecule has 0 radical (unpaired) electrons. The van der Waals surface area contributed by atoms with Crippen LogP contribution in [0.15, 0.2) is 42.5 Å². The highest BCUT2D eigenvalue weighted by Gasteiger charge is 2.65. The highest BCUT2D eigenvalue weighted by atomic mass is 16.7. The van der Waals surface area contributed by atoms with Gasteiger partial charge in [0, 0.05) is 25.3 Å². The van der Waals surface area contributed by atoms with Gasteiger partial charge < -0.3 is 19.3 Å². The molecular weight excluding hydrogens is 292 g/mol. The van der Waals surface area contributed by atoms with Crippen LogP contribution in [0.4, 0.5) is 0 Å². The molecule has 1 N–H and O–H groups in total. The summed E-state index contributed by atoms with van der Waals surface area (Å²) in [6.45, 7) is 6.18. The Bertz CT molecular complexity index is 601. The minimum Gasteiger partial charge on any atom is -0.496 e. The van der Waals surface area contributed by atoms with E-state index in [1.165, 1.54) is 14.2 Å². The molecular formula is C19H26O4. The number of rotatable bonds is 8. The van der Waals surface area contributed by atoms with Gasteiger partial charge in [0.2, 0.25) is 5.79 Å². The molecule has 0 amide bonds. The summed E-state index contributed by atoms with van der Waals surface area (Å²) in [5, 5.41) is 11.3. The van der Waals surface area contributed by atoms with Gasteiger partial charge in [-0.3, -0.25) is 0 Å². The Morgan fingerprint density at radius 3 is 2.52 bits per heavy atom. The first-order valence-electron chi connectivity index (χ1n) is 7.88. The Kier molecular flexibility index (Phi) is 5.30. The van der Waals surface area contributed by atoms with Gasteiger partial charge in [0.15, 0.2) is 5.60 Å². The monoisotopic (exact) mass is 318 g/mol. The minimum atomic E-state index is -1.42. The van der Waals surface area contributed by atoms with Crippen molar-refractivity contribution >= 4 is 0 Å². The van der Waals surface area contributed by atoms with Gasteiger partial charge >= 0.3 is 0 Å². The smallest absolute Gasteiger partial charge is 0.233 e. The fourth-order valence-electron chi connectivity index (χ4n) is 3.21. The molecule has 23 heavy (non-hydrogen) atoms. The molecule has 0 fully saturated rings. The fourth-order valence-corrected chi connectivity index (χ4v) is 3.21. The lowest BCUT2D eigenvalue weighted by molar-refractivity contribution is -0.325. The van der Waals surface area contributed by atoms with Crippen LogP contribution >= 0.6 is 0 Å². The summed E-state index contributed by atoms with van der Waals surface area (Å²) in [4.78, 5) is 0. The maximum Gasteiger partial charge on any atom is 0.233 e. The third-order valence-corrected chi connectivity index (χ3v) is 4.47. The van der Waals surface area contributed by atoms with E-state index < -0.39 is 11.4 Å². The number of fused-ring (bicyclic) bond motifs is 1. The van der Waals surface area contributed by atoms with Gasteiger partial charge in [-0.2, -0.15) is 0 Å². The lowest BCUT2D eigenvalue weighted by atomic mass is 9.66. The van der Waals surface area contributed by atoms with Crippen LogP contribution in [0.2, 0.25) is 0 Å². The van der Waals surface area contributed by atoms with Crippen molar-refractivity contribution in [3.63, 3.8) is 0 Å². The standard InChI is InChI=1S/C19H26O4/c1-6-7-9-14(2)12-13-18(20)17-15(19(18,22-4)23-5)10-8-11-16(17)21-3/h8,10-13,20H,2,6-7,9H2,1,3-5H3/b13-12+. The van der Waals surface area contributed by atoms with Crippen molar-refractivity contribution in [3.8, 4) is 5.75 Å². The summed E-state index contributed by atoms with van der Waals surface area (Å²) in [6, 6.07) is 5.55. The molecule has 126 valence electrons. The van der Waals surface area contributed by atoms with Gasteiger partial charge in [-0.25, -0.2) is 0 Å². The van der Waals surface area contributed by atoms with Crippen molar-refractivity contribution in [2.24, 2.45) is 0 Å². The molecule has 0 aromatic heterocycles. The maximum absolute atomic E-state index is 11.3. The van der Waals surface area contributed by atoms with E-state index in [1.807, 2.05) is 24.3 Å². The van der Waals surface area contributed by atoms with E-state index >= 15 is 0 Å². The zero-order valence-electron chi connectivity index (χ0n) is 14.4. The first-order chi connectivity index (χ1) is 11.0. The van der Waals surface area contributed by atoms with E-state index in [-0.39, 0.29) is 0 Å². The molecule has 0 aliphatic heterocycles. The van der Waals surface area contributed by atoms with Gasteiger partial charge in [-0.1, -0.05) is 43.7 Å². The number of aliphatic hydroxyl groups is 1. The number of unbranched alkanes of at least 4 members (excludes halogenated alkanes) is 1. The highest BCUT2D eigenvalue weighted by molar-refractivity contribution is 5.59. The first kappa shape index (κ1) is 17.7. The number of allylic oxidation sites excluding steroid dienone is 2. The van der Waals surface area contributed by atoms with E-state index in [4.69, 9.17) is 14.2 Å². The van der Waals surface area contributed by atoms with Gasteiger partial charge in [0.25, 0.3) is 0 Å². The van der Waals surface area contributed by atoms with Gasteiger partial charge in [-0.05, 0) is 25.0 Å². The predicted octanol–water partition coefficient (Wildman–Crippen LogP) is 3.64. The third-order valence-electron chi connectivity index (χ3n) is 4.47. The van der Waals surface area contributed by atoms with Crippen molar-refractivity contribution in [2.75, 3.05) is 21.3 Å². The van der Waals surface area contributed by atoms with Crippen molar-refractivity contribution in [1.29, 1.82) is 0 Å². The summed E-state index contributed by atoms with van der Waals surface area (Å²) < 4.78 is 16.5. The lowest BCUT2D eigenvalue weighted by Crippen LogP contribution is -2.60. The summed E-state index contributed by atoms with van der Waals surface area (Å²) in [5.74, 6) is -0.628. The van der Waals surface area contributed by atoms with Crippen molar-refractivity contribution < 1.29 is 19.3 Å². The molecule has 1 aliphatic rings. The quantitative estimate of drug-likeness (QED) is 0.587. The average molecular weight is 318 g/mol. The van der Waals surface area contributed by atoms with E-state index in [1.54, 1.807) is 13.2 Å². The van der Waals surface area contributed by atoms with E-state index in [2.05, 4.69) is 13.5 Å². The Morgan fingerprint density at radius 1 is 1.26 bits per heavy atom. The number of methoxy groups -OCH3 is 3. The van der Waals surface area contributed by atoms with Crippen LogP contribution in [-0.4, -0.2) is 26.4 Å². The highest BCUT2D eigenvalue weighted by Crippen LogP contribution is 2.59. The summed E-state index contributed by atoms with van der Waals surface area (Å²) in [7, 11) is 4.63. The normalized spacial score (nSPS) is 21.8. The molecule has 0 saturated heterocycles. The van der Waals surface area contributed by atoms with Crippen molar-refractivity contribution in [2.45, 2.75) is 37.6 Å². The molecule has 0 saturated carbocycles. The second-order valence-electron chi connectivity index (χ2n) is 5.77. The molecule has 0 bridgehead atoms. The number of hydrogen-bond donors (Lipinski definition) is 1. The second-order valence-corrected chi connectivity index (χ2v) is 5.77. The van der Waals surface area contributed by atoms with Crippen molar-refractivity contribution in [1.82, 2.24) is 0 Å². The minimum absolute atomic E-state index is 0.610. The van der Waals surface area contributed by atoms with Gasteiger partial charge in [0.05, 0.1) is 7.11 Å². The number of hydrogen-bond acceptors (Lipinski definition) is 4. The summed E-state index contributed by atoms with van der Waals surface area (Å²) >= 11 is 0. The number of ether oxygens (including phenoxy) is 3. The Balaban J connectivity index is 2.44.